The maximum Gasteiger partial charge on any atom is 0.276 e. The maximum atomic E-state index is 12.4. The molecule has 0 radical (unpaired) electrons. The molecule has 2 aromatic heterocycles. The van der Waals surface area contributed by atoms with Gasteiger partial charge in [0.2, 0.25) is 0 Å². The zero-order chi connectivity index (χ0) is 18.0. The number of hydrogen-bond donors (Lipinski definition) is 2. The van der Waals surface area contributed by atoms with Gasteiger partial charge in [-0.25, -0.2) is 0 Å². The highest BCUT2D eigenvalue weighted by molar-refractivity contribution is 14.1. The number of carbonyl (C=O) groups excluding carboxylic acids is 2. The fraction of sp³-hybridized carbons (Fsp3) is 0.125. The van der Waals surface area contributed by atoms with Crippen LogP contribution < -0.4 is 10.6 Å². The summed E-state index contributed by atoms with van der Waals surface area (Å²) in [5, 5.41) is 13.7. The average molecular weight is 450 g/mol. The van der Waals surface area contributed by atoms with E-state index >= 15 is 0 Å². The summed E-state index contributed by atoms with van der Waals surface area (Å²) in [7, 11) is 3.45. The molecule has 0 fully saturated rings. The van der Waals surface area contributed by atoms with Crippen LogP contribution in [-0.2, 0) is 14.1 Å². The van der Waals surface area contributed by atoms with Gasteiger partial charge in [0, 0.05) is 31.7 Å². The van der Waals surface area contributed by atoms with E-state index in [4.69, 9.17) is 0 Å². The monoisotopic (exact) mass is 450 g/mol. The van der Waals surface area contributed by atoms with E-state index in [-0.39, 0.29) is 11.8 Å². The Labute approximate surface area is 157 Å². The molecule has 0 saturated carbocycles. The molecule has 0 bridgehead atoms. The predicted molar refractivity (Wildman–Crippen MR) is 101 cm³/mol. The van der Waals surface area contributed by atoms with Crippen molar-refractivity contribution in [3.05, 3.63) is 57.7 Å². The smallest absolute Gasteiger partial charge is 0.276 e. The van der Waals surface area contributed by atoms with Crippen LogP contribution in [0.15, 0.2) is 42.7 Å². The van der Waals surface area contributed by atoms with Gasteiger partial charge in [-0.1, -0.05) is 6.07 Å². The number of benzene rings is 1. The average Bonchev–Trinajstić information content (AvgIpc) is 3.13. The first-order valence-electron chi connectivity index (χ1n) is 7.34. The highest BCUT2D eigenvalue weighted by Gasteiger charge is 2.16. The molecule has 0 aliphatic heterocycles. The van der Waals surface area contributed by atoms with Crippen LogP contribution >= 0.6 is 22.6 Å². The van der Waals surface area contributed by atoms with Gasteiger partial charge in [0.1, 0.15) is 5.69 Å². The largest absolute Gasteiger partial charge is 0.321 e. The van der Waals surface area contributed by atoms with Crippen molar-refractivity contribution in [3.63, 3.8) is 0 Å². The van der Waals surface area contributed by atoms with Crippen LogP contribution in [0, 0.1) is 3.57 Å². The Morgan fingerprint density at radius 1 is 1.08 bits per heavy atom. The fourth-order valence-electron chi connectivity index (χ4n) is 2.26. The minimum Gasteiger partial charge on any atom is -0.321 e. The van der Waals surface area contributed by atoms with Crippen LogP contribution in [-0.4, -0.2) is 31.4 Å². The fourth-order valence-corrected chi connectivity index (χ4v) is 2.98. The van der Waals surface area contributed by atoms with Gasteiger partial charge in [-0.05, 0) is 46.9 Å². The number of carbonyl (C=O) groups is 2. The van der Waals surface area contributed by atoms with E-state index in [9.17, 15) is 9.59 Å². The Kier molecular flexibility index (Phi) is 4.83. The van der Waals surface area contributed by atoms with Crippen molar-refractivity contribution in [2.24, 2.45) is 14.1 Å². The molecule has 2 N–H and O–H groups in total. The van der Waals surface area contributed by atoms with E-state index in [0.717, 1.165) is 3.57 Å². The van der Waals surface area contributed by atoms with E-state index in [2.05, 4.69) is 43.4 Å². The Hall–Kier alpha value is -2.69. The molecule has 0 saturated heterocycles. The van der Waals surface area contributed by atoms with E-state index in [0.29, 0.717) is 22.8 Å². The number of amides is 2. The standard InChI is InChI=1S/C16H15IN6O2/c1-22-7-6-13(21-22)15(24)19-10-4-3-5-11(8-10)20-16(25)14-12(17)9-18-23(14)2/h3-9H,1-2H3,(H,19,24)(H,20,25). The zero-order valence-electron chi connectivity index (χ0n) is 13.5. The lowest BCUT2D eigenvalue weighted by Gasteiger charge is -2.09. The minimum atomic E-state index is -0.315. The van der Waals surface area contributed by atoms with Crippen LogP contribution in [0.25, 0.3) is 0 Å². The van der Waals surface area contributed by atoms with E-state index in [1.54, 1.807) is 61.5 Å². The van der Waals surface area contributed by atoms with Crippen LogP contribution in [0.4, 0.5) is 11.4 Å². The molecule has 2 heterocycles. The lowest BCUT2D eigenvalue weighted by molar-refractivity contribution is 0.101. The SMILES string of the molecule is Cn1ccc(C(=O)Nc2cccc(NC(=O)c3c(I)cnn3C)c2)n1. The number of nitrogens with zero attached hydrogens (tertiary/aromatic N) is 4. The Balaban J connectivity index is 1.73. The Morgan fingerprint density at radius 2 is 1.76 bits per heavy atom. The van der Waals surface area contributed by atoms with Gasteiger partial charge in [0.25, 0.3) is 11.8 Å². The van der Waals surface area contributed by atoms with Gasteiger partial charge >= 0.3 is 0 Å². The van der Waals surface area contributed by atoms with Crippen molar-refractivity contribution in [1.29, 1.82) is 0 Å². The van der Waals surface area contributed by atoms with Gasteiger partial charge < -0.3 is 10.6 Å². The van der Waals surface area contributed by atoms with E-state index in [1.165, 1.54) is 4.68 Å². The van der Waals surface area contributed by atoms with Gasteiger partial charge in [0.05, 0.1) is 9.77 Å². The summed E-state index contributed by atoms with van der Waals surface area (Å²) < 4.78 is 3.84. The maximum absolute atomic E-state index is 12.4. The van der Waals surface area contributed by atoms with Crippen LogP contribution in [0.5, 0.6) is 0 Å². The number of hydrogen-bond acceptors (Lipinski definition) is 4. The molecular weight excluding hydrogens is 435 g/mol. The first kappa shape index (κ1) is 17.1. The molecule has 1 aromatic carbocycles. The lowest BCUT2D eigenvalue weighted by atomic mass is 10.2. The molecule has 3 rings (SSSR count). The molecule has 3 aromatic rings. The topological polar surface area (TPSA) is 93.8 Å². The van der Waals surface area contributed by atoms with Gasteiger partial charge in [-0.3, -0.25) is 19.0 Å². The molecule has 8 nitrogen and oxygen atoms in total. The summed E-state index contributed by atoms with van der Waals surface area (Å²) in [5.74, 6) is -0.581. The van der Waals surface area contributed by atoms with Crippen molar-refractivity contribution in [2.45, 2.75) is 0 Å². The molecule has 128 valence electrons. The number of aryl methyl sites for hydroxylation is 2. The summed E-state index contributed by atoms with van der Waals surface area (Å²) in [6.45, 7) is 0. The third-order valence-corrected chi connectivity index (χ3v) is 4.22. The van der Waals surface area contributed by atoms with Crippen molar-refractivity contribution in [2.75, 3.05) is 10.6 Å². The molecule has 2 amide bonds. The normalized spacial score (nSPS) is 10.5. The number of aromatic nitrogens is 4. The second kappa shape index (κ2) is 7.05. The number of nitrogens with one attached hydrogen (secondary N) is 2. The second-order valence-corrected chi connectivity index (χ2v) is 6.49. The molecule has 25 heavy (non-hydrogen) atoms. The quantitative estimate of drug-likeness (QED) is 0.597. The van der Waals surface area contributed by atoms with E-state index in [1.807, 2.05) is 0 Å². The van der Waals surface area contributed by atoms with Crippen molar-refractivity contribution < 1.29 is 9.59 Å². The third-order valence-electron chi connectivity index (χ3n) is 3.43. The first-order valence-corrected chi connectivity index (χ1v) is 8.42. The molecule has 0 unspecified atom stereocenters. The summed E-state index contributed by atoms with van der Waals surface area (Å²) in [4.78, 5) is 24.5. The molecule has 0 aliphatic rings. The van der Waals surface area contributed by atoms with Crippen molar-refractivity contribution >= 4 is 45.8 Å². The van der Waals surface area contributed by atoms with Gasteiger partial charge in [-0.2, -0.15) is 10.2 Å². The summed E-state index contributed by atoms with van der Waals surface area (Å²) in [5.41, 5.74) is 1.93. The van der Waals surface area contributed by atoms with Gasteiger partial charge in [-0.15, -0.1) is 0 Å². The molecular formula is C16H15IN6O2. The zero-order valence-corrected chi connectivity index (χ0v) is 15.7. The Morgan fingerprint density at radius 3 is 2.32 bits per heavy atom. The van der Waals surface area contributed by atoms with Crippen LogP contribution in [0.2, 0.25) is 0 Å². The van der Waals surface area contributed by atoms with E-state index < -0.39 is 0 Å². The highest BCUT2D eigenvalue weighted by Crippen LogP contribution is 2.18. The highest BCUT2D eigenvalue weighted by atomic mass is 127. The lowest BCUT2D eigenvalue weighted by Crippen LogP contribution is -2.18. The van der Waals surface area contributed by atoms with Crippen LogP contribution in [0.3, 0.4) is 0 Å². The number of rotatable bonds is 4. The van der Waals surface area contributed by atoms with Crippen LogP contribution in [0.1, 0.15) is 21.0 Å². The molecule has 0 spiro atoms. The molecule has 0 aliphatic carbocycles. The molecule has 9 heteroatoms. The number of anilines is 2. The van der Waals surface area contributed by atoms with Crippen molar-refractivity contribution in [1.82, 2.24) is 19.6 Å². The molecule has 0 atom stereocenters. The minimum absolute atomic E-state index is 0.266. The first-order chi connectivity index (χ1) is 11.9. The summed E-state index contributed by atoms with van der Waals surface area (Å²) in [6, 6.07) is 8.55. The second-order valence-electron chi connectivity index (χ2n) is 5.33. The van der Waals surface area contributed by atoms with Gasteiger partial charge in [0.15, 0.2) is 5.69 Å². The van der Waals surface area contributed by atoms with Crippen molar-refractivity contribution in [3.8, 4) is 0 Å². The Bertz CT molecular complexity index is 926. The predicted octanol–water partition coefficient (Wildman–Crippen LogP) is 2.26. The summed E-state index contributed by atoms with van der Waals surface area (Å²) in [6.07, 6.45) is 3.32. The number of halogens is 1. The third kappa shape index (κ3) is 3.87. The summed E-state index contributed by atoms with van der Waals surface area (Å²) >= 11 is 2.06.